The van der Waals surface area contributed by atoms with Gasteiger partial charge in [0.25, 0.3) is 5.91 Å². The lowest BCUT2D eigenvalue weighted by molar-refractivity contribution is -0.182. The van der Waals surface area contributed by atoms with Gasteiger partial charge in [0.2, 0.25) is 0 Å². The van der Waals surface area contributed by atoms with E-state index < -0.39 is 35.1 Å². The Morgan fingerprint density at radius 2 is 1.67 bits per heavy atom. The highest BCUT2D eigenvalue weighted by Crippen LogP contribution is 2.38. The summed E-state index contributed by atoms with van der Waals surface area (Å²) in [4.78, 5) is 32.9. The van der Waals surface area contributed by atoms with Gasteiger partial charge in [-0.3, -0.25) is 14.8 Å². The zero-order valence-corrected chi connectivity index (χ0v) is 29.1. The van der Waals surface area contributed by atoms with Crippen LogP contribution in [0.25, 0.3) is 16.8 Å². The fourth-order valence-electron chi connectivity index (χ4n) is 5.91. The molecule has 272 valence electrons. The summed E-state index contributed by atoms with van der Waals surface area (Å²) in [6.07, 6.45) is -1.52. The number of aromatic amines is 1. The Morgan fingerprint density at radius 1 is 0.962 bits per heavy atom. The van der Waals surface area contributed by atoms with E-state index in [-0.39, 0.29) is 23.5 Å². The molecule has 0 atom stereocenters. The molecule has 3 heterocycles. The molecule has 1 aliphatic rings. The summed E-state index contributed by atoms with van der Waals surface area (Å²) in [6.45, 7) is 7.69. The molecule has 0 bridgehead atoms. The smallest absolute Gasteiger partial charge is 0.401 e. The fourth-order valence-corrected chi connectivity index (χ4v) is 5.91. The molecule has 2 N–H and O–H groups in total. The number of piperazine rings is 1. The monoisotopic (exact) mass is 718 g/mol. The first kappa shape index (κ1) is 36.2. The molecule has 2 aromatic heterocycles. The van der Waals surface area contributed by atoms with E-state index in [1.54, 1.807) is 16.9 Å². The number of hydrogen-bond donors (Lipinski definition) is 2. The Hall–Kier alpha value is -5.57. The summed E-state index contributed by atoms with van der Waals surface area (Å²) in [6, 6.07) is 19.0. The summed E-state index contributed by atoms with van der Waals surface area (Å²) < 4.78 is 60.6. The van der Waals surface area contributed by atoms with Crippen LogP contribution in [-0.4, -0.2) is 81.2 Å². The van der Waals surface area contributed by atoms with Crippen LogP contribution in [0.3, 0.4) is 0 Å². The van der Waals surface area contributed by atoms with Crippen LogP contribution in [0.1, 0.15) is 57.3 Å². The first-order valence-electron chi connectivity index (χ1n) is 16.6. The average Bonchev–Trinajstić information content (AvgIpc) is 3.82. The normalized spacial score (nSPS) is 14.0. The van der Waals surface area contributed by atoms with Crippen molar-refractivity contribution in [3.05, 3.63) is 113 Å². The number of H-pyrrole nitrogens is 1. The molecule has 3 aromatic carbocycles. The maximum absolute atomic E-state index is 14.4. The first-order chi connectivity index (χ1) is 24.7. The second-order valence-electron chi connectivity index (χ2n) is 13.2. The molecular weight excluding hydrogens is 680 g/mol. The van der Waals surface area contributed by atoms with Crippen LogP contribution in [0.15, 0.2) is 73.1 Å². The van der Waals surface area contributed by atoms with Crippen molar-refractivity contribution in [2.45, 2.75) is 45.5 Å². The molecule has 1 amide bonds. The minimum atomic E-state index is -4.53. The van der Waals surface area contributed by atoms with Gasteiger partial charge in [0.1, 0.15) is 17.1 Å². The number of methoxy groups -OCH3 is 1. The number of aromatic nitrogens is 5. The van der Waals surface area contributed by atoms with Gasteiger partial charge in [0.15, 0.2) is 5.82 Å². The average molecular weight is 719 g/mol. The van der Waals surface area contributed by atoms with E-state index in [0.29, 0.717) is 0 Å². The molecule has 0 radical (unpaired) electrons. The zero-order chi connectivity index (χ0) is 37.2. The standard InChI is InChI=1S/C37H38F4N8O3/c1-23-17-26(9-12-31(23)49-22-27(19-43-49)33(50)42-20-32-44-35(46-45-32)36(2,3)37(39,40)41)25-7-5-24(6-8-25)21-47-13-15-48(16-14-47)28-10-11-29(30(38)18-28)34(51)52-4/h5-12,17-19,22H,13-16,20-21H2,1-4H3,(H,42,50)(H,44,45,46). The molecule has 0 unspecified atom stereocenters. The summed E-state index contributed by atoms with van der Waals surface area (Å²) >= 11 is 0. The third kappa shape index (κ3) is 7.68. The molecule has 1 fully saturated rings. The lowest BCUT2D eigenvalue weighted by atomic mass is 9.92. The number of alkyl halides is 3. The number of nitrogens with zero attached hydrogens (tertiary/aromatic N) is 6. The molecule has 11 nitrogen and oxygen atoms in total. The van der Waals surface area contributed by atoms with Crippen molar-refractivity contribution in [2.24, 2.45) is 0 Å². The minimum Gasteiger partial charge on any atom is -0.465 e. The minimum absolute atomic E-state index is 0.0742. The number of aryl methyl sites for hydroxylation is 1. The van der Waals surface area contributed by atoms with E-state index in [0.717, 1.165) is 74.6 Å². The molecule has 52 heavy (non-hydrogen) atoms. The van der Waals surface area contributed by atoms with Crippen LogP contribution in [0.4, 0.5) is 23.2 Å². The fraction of sp³-hybridized carbons (Fsp3) is 0.324. The number of nitrogens with one attached hydrogen (secondary N) is 2. The van der Waals surface area contributed by atoms with Crippen LogP contribution in [-0.2, 0) is 23.2 Å². The number of carbonyl (C=O) groups excluding carboxylic acids is 2. The number of carbonyl (C=O) groups is 2. The summed E-state index contributed by atoms with van der Waals surface area (Å²) in [5.74, 6) is -2.04. The third-order valence-electron chi connectivity index (χ3n) is 9.29. The van der Waals surface area contributed by atoms with E-state index in [1.807, 2.05) is 19.1 Å². The third-order valence-corrected chi connectivity index (χ3v) is 9.29. The van der Waals surface area contributed by atoms with E-state index in [1.165, 1.54) is 31.0 Å². The molecule has 15 heteroatoms. The van der Waals surface area contributed by atoms with Gasteiger partial charge in [-0.1, -0.05) is 30.3 Å². The predicted octanol–water partition coefficient (Wildman–Crippen LogP) is 5.98. The Balaban J connectivity index is 1.02. The van der Waals surface area contributed by atoms with Crippen molar-refractivity contribution in [2.75, 3.05) is 38.2 Å². The van der Waals surface area contributed by atoms with Crippen molar-refractivity contribution < 1.29 is 31.9 Å². The van der Waals surface area contributed by atoms with Crippen molar-refractivity contribution in [1.82, 2.24) is 35.2 Å². The van der Waals surface area contributed by atoms with E-state index >= 15 is 0 Å². The zero-order valence-electron chi connectivity index (χ0n) is 29.1. The molecule has 1 saturated heterocycles. The molecule has 5 aromatic rings. The van der Waals surface area contributed by atoms with Crippen LogP contribution in [0.5, 0.6) is 0 Å². The highest BCUT2D eigenvalue weighted by molar-refractivity contribution is 5.93. The number of esters is 1. The second kappa shape index (κ2) is 14.6. The first-order valence-corrected chi connectivity index (χ1v) is 16.6. The highest BCUT2D eigenvalue weighted by atomic mass is 19.4. The molecule has 0 saturated carbocycles. The number of rotatable bonds is 10. The topological polar surface area (TPSA) is 121 Å². The molecule has 1 aliphatic heterocycles. The molecule has 0 aliphatic carbocycles. The van der Waals surface area contributed by atoms with Crippen molar-refractivity contribution in [3.63, 3.8) is 0 Å². The lowest BCUT2D eigenvalue weighted by Gasteiger charge is -2.36. The second-order valence-corrected chi connectivity index (χ2v) is 13.2. The number of amides is 1. The largest absolute Gasteiger partial charge is 0.465 e. The summed E-state index contributed by atoms with van der Waals surface area (Å²) in [5.41, 5.74) is 3.68. The van der Waals surface area contributed by atoms with E-state index in [9.17, 15) is 27.2 Å². The lowest BCUT2D eigenvalue weighted by Crippen LogP contribution is -2.46. The molecule has 6 rings (SSSR count). The quantitative estimate of drug-likeness (QED) is 0.134. The molecular formula is C37H38F4N8O3. The van der Waals surface area contributed by atoms with Crippen LogP contribution in [0, 0.1) is 12.7 Å². The maximum Gasteiger partial charge on any atom is 0.401 e. The number of anilines is 1. The number of halogens is 4. The number of benzene rings is 3. The van der Waals surface area contributed by atoms with E-state index in [2.05, 4.69) is 70.5 Å². The SMILES string of the molecule is COC(=O)c1ccc(N2CCN(Cc3ccc(-c4ccc(-n5cc(C(=O)NCc6nc(C(C)(C)C(F)(F)F)n[nH]6)cn5)c(C)c4)cc3)CC2)cc1F. The van der Waals surface area contributed by atoms with Gasteiger partial charge in [0, 0.05) is 44.6 Å². The van der Waals surface area contributed by atoms with E-state index in [4.69, 9.17) is 0 Å². The van der Waals surface area contributed by atoms with Crippen LogP contribution < -0.4 is 10.2 Å². The van der Waals surface area contributed by atoms with Crippen molar-refractivity contribution >= 4 is 17.6 Å². The Kier molecular flexibility index (Phi) is 10.2. The van der Waals surface area contributed by atoms with Gasteiger partial charge < -0.3 is 15.0 Å². The number of hydrogen-bond acceptors (Lipinski definition) is 8. The van der Waals surface area contributed by atoms with Gasteiger partial charge in [0.05, 0.1) is 36.7 Å². The maximum atomic E-state index is 14.4. The highest BCUT2D eigenvalue weighted by Gasteiger charge is 2.51. The van der Waals surface area contributed by atoms with Crippen LogP contribution in [0.2, 0.25) is 0 Å². The van der Waals surface area contributed by atoms with Gasteiger partial charge in [-0.15, -0.1) is 0 Å². The molecule has 0 spiro atoms. The van der Waals surface area contributed by atoms with Crippen LogP contribution >= 0.6 is 0 Å². The van der Waals surface area contributed by atoms with Crippen molar-refractivity contribution in [3.8, 4) is 16.8 Å². The Morgan fingerprint density at radius 3 is 2.33 bits per heavy atom. The summed E-state index contributed by atoms with van der Waals surface area (Å²) in [5, 5.41) is 13.1. The van der Waals surface area contributed by atoms with Gasteiger partial charge in [-0.05, 0) is 73.4 Å². The van der Waals surface area contributed by atoms with Gasteiger partial charge in [-0.25, -0.2) is 18.9 Å². The van der Waals surface area contributed by atoms with Gasteiger partial charge >= 0.3 is 12.1 Å². The summed E-state index contributed by atoms with van der Waals surface area (Å²) in [7, 11) is 1.23. The Labute approximate surface area is 297 Å². The Bertz CT molecular complexity index is 2070. The van der Waals surface area contributed by atoms with Crippen molar-refractivity contribution in [1.29, 1.82) is 0 Å². The predicted molar refractivity (Wildman–Crippen MR) is 186 cm³/mol. The number of ether oxygens (including phenoxy) is 1. The van der Waals surface area contributed by atoms with Gasteiger partial charge in [-0.2, -0.15) is 23.4 Å².